The molecule has 11 unspecified atom stereocenters. The molecule has 41 heavy (non-hydrogen) atoms. The van der Waals surface area contributed by atoms with Crippen molar-refractivity contribution < 1.29 is 29.6 Å². The summed E-state index contributed by atoms with van der Waals surface area (Å²) in [6, 6.07) is 5.83. The Balaban J connectivity index is 1.17. The molecule has 4 N–H and O–H groups in total. The first-order valence-electron chi connectivity index (χ1n) is 16.0. The second-order valence-corrected chi connectivity index (χ2v) is 14.3. The van der Waals surface area contributed by atoms with E-state index in [1.54, 1.807) is 14.2 Å². The topological polar surface area (TPSA) is 108 Å². The van der Waals surface area contributed by atoms with Gasteiger partial charge in [0.05, 0.1) is 32.5 Å². The van der Waals surface area contributed by atoms with E-state index in [0.717, 1.165) is 63.4 Å². The minimum atomic E-state index is -0.395. The van der Waals surface area contributed by atoms with Crippen molar-refractivity contribution in [1.29, 1.82) is 0 Å². The van der Waals surface area contributed by atoms with Crippen LogP contribution < -0.4 is 14.8 Å². The van der Waals surface area contributed by atoms with Crippen LogP contribution >= 0.6 is 0 Å². The molecule has 1 aromatic carbocycles. The molecule has 4 aliphatic carbocycles. The molecule has 0 aromatic heterocycles. The molecule has 0 bridgehead atoms. The number of ether oxygens (including phenoxy) is 2. The third-order valence-corrected chi connectivity index (χ3v) is 12.5. The zero-order valence-electron chi connectivity index (χ0n) is 25.8. The highest BCUT2D eigenvalue weighted by Crippen LogP contribution is 2.68. The lowest BCUT2D eigenvalue weighted by Gasteiger charge is -2.63. The lowest BCUT2D eigenvalue weighted by Crippen LogP contribution is -2.62. The van der Waals surface area contributed by atoms with Crippen LogP contribution in [0, 0.1) is 46.3 Å². The molecule has 1 amide bonds. The van der Waals surface area contributed by atoms with E-state index in [1.807, 2.05) is 18.2 Å². The van der Waals surface area contributed by atoms with Crippen LogP contribution in [0.1, 0.15) is 84.1 Å². The minimum Gasteiger partial charge on any atom is -0.493 e. The molecular formula is C34H53NO6. The first-order valence-corrected chi connectivity index (χ1v) is 16.0. The smallest absolute Gasteiger partial charge is 0.220 e. The van der Waals surface area contributed by atoms with Gasteiger partial charge >= 0.3 is 0 Å². The van der Waals surface area contributed by atoms with E-state index in [-0.39, 0.29) is 34.9 Å². The number of carbonyl (C=O) groups excluding carboxylic acids is 1. The van der Waals surface area contributed by atoms with Crippen LogP contribution in [0.4, 0.5) is 0 Å². The summed E-state index contributed by atoms with van der Waals surface area (Å²) in [6.07, 6.45) is 7.23. The van der Waals surface area contributed by atoms with Crippen LogP contribution in [0.3, 0.4) is 0 Å². The molecule has 11 atom stereocenters. The molecule has 7 heteroatoms. The fraction of sp³-hybridized carbons (Fsp3) is 0.794. The zero-order chi connectivity index (χ0) is 29.5. The number of rotatable bonds is 9. The number of benzene rings is 1. The Kier molecular flexibility index (Phi) is 9.00. The molecule has 1 aromatic rings. The third-order valence-electron chi connectivity index (χ3n) is 12.5. The highest BCUT2D eigenvalue weighted by atomic mass is 16.5. The Hall–Kier alpha value is -1.83. The third kappa shape index (κ3) is 5.51. The van der Waals surface area contributed by atoms with Crippen molar-refractivity contribution in [2.24, 2.45) is 46.3 Å². The van der Waals surface area contributed by atoms with Crippen molar-refractivity contribution in [3.8, 4) is 11.5 Å². The number of methoxy groups -OCH3 is 2. The maximum absolute atomic E-state index is 12.8. The summed E-state index contributed by atoms with van der Waals surface area (Å²) in [4.78, 5) is 12.8. The number of nitrogens with one attached hydrogen (secondary N) is 1. The second-order valence-electron chi connectivity index (χ2n) is 14.3. The number of carbonyl (C=O) groups is 1. The monoisotopic (exact) mass is 571 g/mol. The number of hydrogen-bond acceptors (Lipinski definition) is 6. The Morgan fingerprint density at radius 2 is 1.78 bits per heavy atom. The second kappa shape index (κ2) is 12.0. The highest BCUT2D eigenvalue weighted by molar-refractivity contribution is 5.75. The number of amides is 1. The van der Waals surface area contributed by atoms with Crippen LogP contribution in [-0.4, -0.2) is 60.3 Å². The molecule has 0 spiro atoms. The standard InChI is InChI=1S/C34H53NO6/c1-20(6-11-31(39)35-15-13-21-7-10-28(40-4)29(16-21)41-5)24-8-9-25-32-26(19-30(38)34(24,25)3)33(2)14-12-23(36)17-22(33)18-27(32)37/h7,10,16,20,22-27,30,32,36-38H,6,8-9,11-15,17-19H2,1-5H3,(H,35,39). The maximum Gasteiger partial charge on any atom is 0.220 e. The van der Waals surface area contributed by atoms with Crippen LogP contribution in [-0.2, 0) is 11.2 Å². The number of aliphatic hydroxyl groups is 3. The van der Waals surface area contributed by atoms with Gasteiger partial charge in [-0.25, -0.2) is 0 Å². The van der Waals surface area contributed by atoms with E-state index >= 15 is 0 Å². The summed E-state index contributed by atoms with van der Waals surface area (Å²) >= 11 is 0. The van der Waals surface area contributed by atoms with Crippen LogP contribution in [0.2, 0.25) is 0 Å². The van der Waals surface area contributed by atoms with Gasteiger partial charge in [-0.2, -0.15) is 0 Å². The summed E-state index contributed by atoms with van der Waals surface area (Å²) < 4.78 is 10.7. The van der Waals surface area contributed by atoms with Crippen LogP contribution in [0.25, 0.3) is 0 Å². The van der Waals surface area contributed by atoms with Crippen molar-refractivity contribution in [3.05, 3.63) is 23.8 Å². The Morgan fingerprint density at radius 1 is 1.02 bits per heavy atom. The van der Waals surface area contributed by atoms with Crippen molar-refractivity contribution in [3.63, 3.8) is 0 Å². The zero-order valence-corrected chi connectivity index (χ0v) is 25.8. The van der Waals surface area contributed by atoms with Gasteiger partial charge in [0, 0.05) is 13.0 Å². The summed E-state index contributed by atoms with van der Waals surface area (Å²) in [7, 11) is 3.24. The quantitative estimate of drug-likeness (QED) is 0.341. The Morgan fingerprint density at radius 3 is 2.51 bits per heavy atom. The molecule has 0 heterocycles. The molecule has 5 rings (SSSR count). The van der Waals surface area contributed by atoms with E-state index in [4.69, 9.17) is 9.47 Å². The lowest BCUT2D eigenvalue weighted by atomic mass is 9.43. The summed E-state index contributed by atoms with van der Waals surface area (Å²) in [5.41, 5.74) is 0.938. The summed E-state index contributed by atoms with van der Waals surface area (Å²) in [6.45, 7) is 7.48. The predicted molar refractivity (Wildman–Crippen MR) is 159 cm³/mol. The van der Waals surface area contributed by atoms with Crippen molar-refractivity contribution in [2.75, 3.05) is 20.8 Å². The van der Waals surface area contributed by atoms with Crippen molar-refractivity contribution in [2.45, 2.75) is 103 Å². The van der Waals surface area contributed by atoms with Crippen LogP contribution in [0.5, 0.6) is 11.5 Å². The van der Waals surface area contributed by atoms with E-state index in [9.17, 15) is 20.1 Å². The molecular weight excluding hydrogens is 518 g/mol. The van der Waals surface area contributed by atoms with Crippen molar-refractivity contribution >= 4 is 5.91 Å². The minimum absolute atomic E-state index is 0.0717. The molecule has 7 nitrogen and oxygen atoms in total. The molecule has 0 saturated heterocycles. The van der Waals surface area contributed by atoms with E-state index in [1.165, 1.54) is 0 Å². The Bertz CT molecular complexity index is 1080. The lowest BCUT2D eigenvalue weighted by molar-refractivity contribution is -0.207. The molecule has 4 saturated carbocycles. The first kappa shape index (κ1) is 30.6. The fourth-order valence-electron chi connectivity index (χ4n) is 10.2. The Labute approximate surface area is 246 Å². The predicted octanol–water partition coefficient (Wildman–Crippen LogP) is 4.74. The largest absolute Gasteiger partial charge is 0.493 e. The van der Waals surface area contributed by atoms with Crippen molar-refractivity contribution in [1.82, 2.24) is 5.32 Å². The van der Waals surface area contributed by atoms with Gasteiger partial charge in [0.2, 0.25) is 5.91 Å². The van der Waals surface area contributed by atoms with E-state index in [2.05, 4.69) is 26.1 Å². The van der Waals surface area contributed by atoms with E-state index < -0.39 is 6.10 Å². The normalized spacial score (nSPS) is 40.6. The molecule has 4 aliphatic rings. The average Bonchev–Trinajstić information content (AvgIpc) is 3.31. The maximum atomic E-state index is 12.8. The average molecular weight is 572 g/mol. The SMILES string of the molecule is COc1ccc(CCNC(=O)CCC(C)C2CCC3C4C(O)CC5CC(O)CCC5(C)C4CC(O)C23C)cc1OC. The van der Waals surface area contributed by atoms with Crippen LogP contribution in [0.15, 0.2) is 18.2 Å². The van der Waals surface area contributed by atoms with Gasteiger partial charge in [0.25, 0.3) is 0 Å². The van der Waals surface area contributed by atoms with Gasteiger partial charge in [-0.05, 0) is 122 Å². The van der Waals surface area contributed by atoms with Gasteiger partial charge in [0.15, 0.2) is 11.5 Å². The first-order chi connectivity index (χ1) is 19.5. The highest BCUT2D eigenvalue weighted by Gasteiger charge is 2.65. The number of fused-ring (bicyclic) bond motifs is 5. The molecule has 230 valence electrons. The summed E-state index contributed by atoms with van der Waals surface area (Å²) in [5, 5.41) is 36.7. The van der Waals surface area contributed by atoms with Gasteiger partial charge in [0.1, 0.15) is 0 Å². The molecule has 4 fully saturated rings. The number of aliphatic hydroxyl groups excluding tert-OH is 3. The molecule has 0 radical (unpaired) electrons. The molecule has 0 aliphatic heterocycles. The summed E-state index contributed by atoms with van der Waals surface area (Å²) in [5.74, 6) is 3.29. The van der Waals surface area contributed by atoms with Gasteiger partial charge in [-0.1, -0.05) is 26.8 Å². The van der Waals surface area contributed by atoms with Gasteiger partial charge < -0.3 is 30.1 Å². The number of hydrogen-bond donors (Lipinski definition) is 4. The van der Waals surface area contributed by atoms with E-state index in [0.29, 0.717) is 54.1 Å². The van der Waals surface area contributed by atoms with Gasteiger partial charge in [-0.3, -0.25) is 4.79 Å². The van der Waals surface area contributed by atoms with Gasteiger partial charge in [-0.15, -0.1) is 0 Å². The fourth-order valence-corrected chi connectivity index (χ4v) is 10.2.